The van der Waals surface area contributed by atoms with E-state index in [4.69, 9.17) is 0 Å². The fourth-order valence-corrected chi connectivity index (χ4v) is 4.03. The van der Waals surface area contributed by atoms with Crippen LogP contribution in [0.15, 0.2) is 35.2 Å². The maximum absolute atomic E-state index is 12.9. The van der Waals surface area contributed by atoms with Gasteiger partial charge in [-0.3, -0.25) is 0 Å². The Hall–Kier alpha value is -2.07. The topological polar surface area (TPSA) is 86.3 Å². The molecule has 2 unspecified atom stereocenters. The number of thiazole rings is 1. The van der Waals surface area contributed by atoms with E-state index in [1.54, 1.807) is 5.51 Å². The molecule has 24 heavy (non-hydrogen) atoms. The number of carboxylic acid groups (broad SMARTS) is 1. The van der Waals surface area contributed by atoms with Crippen molar-refractivity contribution < 1.29 is 14.7 Å². The number of benzene rings is 1. The third-order valence-corrected chi connectivity index (χ3v) is 5.17. The van der Waals surface area contributed by atoms with Crippen molar-refractivity contribution in [2.24, 2.45) is 0 Å². The van der Waals surface area contributed by atoms with E-state index in [0.29, 0.717) is 11.4 Å². The molecule has 0 aliphatic carbocycles. The first-order valence-corrected chi connectivity index (χ1v) is 8.55. The second-order valence-corrected chi connectivity index (χ2v) is 6.60. The quantitative estimate of drug-likeness (QED) is 0.715. The van der Waals surface area contributed by atoms with E-state index in [2.05, 4.69) is 9.97 Å². The number of fused-ring (bicyclic) bond motifs is 3. The Morgan fingerprint density at radius 2 is 2.25 bits per heavy atom. The number of aliphatic carboxylic acids is 1. The van der Waals surface area contributed by atoms with Gasteiger partial charge in [0, 0.05) is 0 Å². The SMILES string of the molecule is [Li][CH]1c2c([nH]c3ccccc23)C(=O)N1C(Cc1cscn1)C(=O)O. The molecule has 1 amide bonds. The first kappa shape index (κ1) is 15.5. The first-order chi connectivity index (χ1) is 11.6. The molecule has 6 nitrogen and oxygen atoms in total. The Labute approximate surface area is 150 Å². The van der Waals surface area contributed by atoms with Crippen LogP contribution >= 0.6 is 11.3 Å². The van der Waals surface area contributed by atoms with E-state index in [1.165, 1.54) is 16.2 Å². The fourth-order valence-electron chi connectivity index (χ4n) is 3.46. The third-order valence-electron chi connectivity index (χ3n) is 4.54. The minimum absolute atomic E-state index is 0.205. The molecule has 0 bridgehead atoms. The van der Waals surface area contributed by atoms with Gasteiger partial charge >= 0.3 is 151 Å². The van der Waals surface area contributed by atoms with Crippen LogP contribution in [0.2, 0.25) is 0 Å². The second kappa shape index (κ2) is 5.78. The number of amides is 1. The number of nitrogens with zero attached hydrogens (tertiary/aromatic N) is 2. The summed E-state index contributed by atoms with van der Waals surface area (Å²) in [5, 5.41) is 12.5. The summed E-state index contributed by atoms with van der Waals surface area (Å²) in [5.41, 5.74) is 4.62. The van der Waals surface area contributed by atoms with Crippen LogP contribution in [0.3, 0.4) is 0 Å². The maximum atomic E-state index is 12.9. The van der Waals surface area contributed by atoms with E-state index in [0.717, 1.165) is 16.5 Å². The summed E-state index contributed by atoms with van der Waals surface area (Å²) in [6, 6.07) is 6.76. The molecule has 0 fully saturated rings. The number of carbonyl (C=O) groups excluding carboxylic acids is 1. The Morgan fingerprint density at radius 3 is 2.96 bits per heavy atom. The van der Waals surface area contributed by atoms with Gasteiger partial charge in [0.2, 0.25) is 0 Å². The van der Waals surface area contributed by atoms with Gasteiger partial charge in [-0.1, -0.05) is 0 Å². The zero-order valence-electron chi connectivity index (χ0n) is 12.9. The summed E-state index contributed by atoms with van der Waals surface area (Å²) in [6.07, 6.45) is 0.205. The molecule has 1 aliphatic rings. The normalized spacial score (nSPS) is 18.2. The molecule has 0 radical (unpaired) electrons. The Bertz CT molecular complexity index is 937. The summed E-state index contributed by atoms with van der Waals surface area (Å²) in [6.45, 7) is 0. The number of carbonyl (C=O) groups is 2. The van der Waals surface area contributed by atoms with Crippen molar-refractivity contribution in [3.63, 3.8) is 0 Å². The van der Waals surface area contributed by atoms with Gasteiger partial charge in [-0.25, -0.2) is 0 Å². The van der Waals surface area contributed by atoms with E-state index >= 15 is 0 Å². The monoisotopic (exact) mass is 333 g/mol. The molecule has 3 heterocycles. The number of carboxylic acids is 1. The molecule has 2 atom stereocenters. The van der Waals surface area contributed by atoms with Crippen LogP contribution in [0.25, 0.3) is 10.9 Å². The van der Waals surface area contributed by atoms with Gasteiger partial charge in [0.1, 0.15) is 0 Å². The first-order valence-electron chi connectivity index (χ1n) is 7.61. The molecule has 3 aromatic rings. The van der Waals surface area contributed by atoms with E-state index in [9.17, 15) is 14.7 Å². The number of nitrogens with one attached hydrogen (secondary N) is 1. The Morgan fingerprint density at radius 1 is 1.46 bits per heavy atom. The van der Waals surface area contributed by atoms with Crippen molar-refractivity contribution >= 4 is 51.8 Å². The van der Waals surface area contributed by atoms with Gasteiger partial charge in [-0.05, 0) is 0 Å². The standard InChI is InChI=1S/C16H12N3O3S.Li/c20-15-14-11(10-3-1-2-4-12(10)18-14)6-19(15)13(16(21)22)5-9-7-23-8-17-9;/h1-4,6-8,13,18H,5H2,(H,21,22);. The van der Waals surface area contributed by atoms with Crippen molar-refractivity contribution in [3.8, 4) is 0 Å². The van der Waals surface area contributed by atoms with Crippen molar-refractivity contribution in [3.05, 3.63) is 52.1 Å². The number of para-hydroxylation sites is 1. The van der Waals surface area contributed by atoms with E-state index in [1.807, 2.05) is 47.4 Å². The average molecular weight is 333 g/mol. The number of aromatic nitrogens is 2. The van der Waals surface area contributed by atoms with Gasteiger partial charge in [-0.15, -0.1) is 0 Å². The summed E-state index contributed by atoms with van der Waals surface area (Å²) in [5.74, 6) is -1.28. The van der Waals surface area contributed by atoms with Gasteiger partial charge in [-0.2, -0.15) is 0 Å². The van der Waals surface area contributed by atoms with Crippen molar-refractivity contribution in [1.82, 2.24) is 14.9 Å². The Balaban J connectivity index is 1.75. The number of rotatable bonds is 4. The molecule has 4 rings (SSSR count). The van der Waals surface area contributed by atoms with E-state index < -0.39 is 12.0 Å². The number of hydrogen-bond acceptors (Lipinski definition) is 4. The molecule has 0 saturated carbocycles. The zero-order chi connectivity index (χ0) is 16.8. The molecule has 116 valence electrons. The van der Waals surface area contributed by atoms with Crippen LogP contribution in [0.4, 0.5) is 0 Å². The van der Waals surface area contributed by atoms with Crippen LogP contribution in [-0.4, -0.2) is 55.6 Å². The van der Waals surface area contributed by atoms with Crippen LogP contribution in [0, 0.1) is 0 Å². The van der Waals surface area contributed by atoms with Crippen molar-refractivity contribution in [2.75, 3.05) is 0 Å². The average Bonchev–Trinajstić information content (AvgIpc) is 3.24. The molecule has 0 saturated heterocycles. The number of H-pyrrole nitrogens is 1. The molecular weight excluding hydrogens is 321 g/mol. The van der Waals surface area contributed by atoms with Crippen LogP contribution in [-0.2, 0) is 11.2 Å². The molecule has 2 N–H and O–H groups in total. The Kier molecular flexibility index (Phi) is 3.72. The van der Waals surface area contributed by atoms with Gasteiger partial charge < -0.3 is 0 Å². The molecule has 0 spiro atoms. The third kappa shape index (κ3) is 2.28. The predicted octanol–water partition coefficient (Wildman–Crippen LogP) is 1.94. The summed E-state index contributed by atoms with van der Waals surface area (Å²) in [4.78, 5) is 33.4. The van der Waals surface area contributed by atoms with Gasteiger partial charge in [0.15, 0.2) is 0 Å². The number of hydrogen-bond donors (Lipinski definition) is 2. The predicted molar refractivity (Wildman–Crippen MR) is 90.2 cm³/mol. The van der Waals surface area contributed by atoms with Crippen LogP contribution in [0.1, 0.15) is 26.5 Å². The van der Waals surface area contributed by atoms with Gasteiger partial charge in [0.25, 0.3) is 0 Å². The second-order valence-electron chi connectivity index (χ2n) is 5.89. The summed E-state index contributed by atoms with van der Waals surface area (Å²) >= 11 is 3.29. The molecule has 1 aliphatic heterocycles. The zero-order valence-corrected chi connectivity index (χ0v) is 13.7. The number of aromatic amines is 1. The molecule has 1 aromatic carbocycles. The molecular formula is C16H12LiN3O3S. The fraction of sp³-hybridized carbons (Fsp3) is 0.188. The summed E-state index contributed by atoms with van der Waals surface area (Å²) in [7, 11) is 0. The molecule has 8 heteroatoms. The van der Waals surface area contributed by atoms with Crippen LogP contribution < -0.4 is 0 Å². The minimum atomic E-state index is -1.02. The summed E-state index contributed by atoms with van der Waals surface area (Å²) < 4.78 is -0.302. The van der Waals surface area contributed by atoms with Crippen molar-refractivity contribution in [2.45, 2.75) is 17.2 Å². The van der Waals surface area contributed by atoms with Gasteiger partial charge in [0.05, 0.1) is 0 Å². The van der Waals surface area contributed by atoms with Crippen LogP contribution in [0.5, 0.6) is 0 Å². The van der Waals surface area contributed by atoms with Crippen molar-refractivity contribution in [1.29, 1.82) is 0 Å². The van der Waals surface area contributed by atoms with E-state index in [-0.39, 0.29) is 17.0 Å². The molecule has 2 aromatic heterocycles.